The maximum atomic E-state index is 14.9. The van der Waals surface area contributed by atoms with E-state index in [-0.39, 0.29) is 11.9 Å². The maximum Gasteiger partial charge on any atom is 0.162 e. The van der Waals surface area contributed by atoms with Crippen molar-refractivity contribution in [2.24, 2.45) is 0 Å². The number of rotatable bonds is 10. The fraction of sp³-hybridized carbons (Fsp3) is 0.310. The van der Waals surface area contributed by atoms with Crippen LogP contribution in [0.5, 0.6) is 17.2 Å². The first-order valence-electron chi connectivity index (χ1n) is 12.1. The largest absolute Gasteiger partial charge is 0.493 e. The van der Waals surface area contributed by atoms with Gasteiger partial charge in [-0.2, -0.15) is 0 Å². The molecule has 36 heavy (non-hydrogen) atoms. The average molecular weight is 490 g/mol. The molecule has 0 fully saturated rings. The molecule has 0 aliphatic rings. The van der Waals surface area contributed by atoms with Crippen LogP contribution in [0.4, 0.5) is 10.2 Å². The van der Waals surface area contributed by atoms with Gasteiger partial charge in [0.15, 0.2) is 11.5 Å². The third kappa shape index (κ3) is 5.35. The topological polar surface area (TPSA) is 65.5 Å². The molecule has 0 bridgehead atoms. The highest BCUT2D eigenvalue weighted by Crippen LogP contribution is 2.37. The minimum absolute atomic E-state index is 0.119. The molecule has 1 N–H and O–H groups in total. The fourth-order valence-corrected chi connectivity index (χ4v) is 4.16. The summed E-state index contributed by atoms with van der Waals surface area (Å²) in [6.45, 7) is 6.55. The molecule has 3 aromatic carbocycles. The highest BCUT2D eigenvalue weighted by atomic mass is 19.1. The first kappa shape index (κ1) is 25.2. The number of halogens is 1. The molecule has 0 saturated heterocycles. The molecule has 0 radical (unpaired) electrons. The number of fused-ring (bicyclic) bond motifs is 1. The lowest BCUT2D eigenvalue weighted by Gasteiger charge is -2.19. The number of methoxy groups -OCH3 is 2. The Hall–Kier alpha value is -3.87. The number of anilines is 1. The fourth-order valence-electron chi connectivity index (χ4n) is 4.16. The van der Waals surface area contributed by atoms with Crippen molar-refractivity contribution in [3.05, 3.63) is 71.8 Å². The van der Waals surface area contributed by atoms with Gasteiger partial charge in [0.05, 0.1) is 31.9 Å². The summed E-state index contributed by atoms with van der Waals surface area (Å²) in [5.74, 6) is 2.78. The van der Waals surface area contributed by atoms with E-state index < -0.39 is 0 Å². The molecule has 7 heteroatoms. The summed E-state index contributed by atoms with van der Waals surface area (Å²) in [6.07, 6.45) is 1.93. The summed E-state index contributed by atoms with van der Waals surface area (Å²) in [4.78, 5) is 9.21. The Labute approximate surface area is 211 Å². The quantitative estimate of drug-likeness (QED) is 0.239. The van der Waals surface area contributed by atoms with E-state index >= 15 is 0 Å². The van der Waals surface area contributed by atoms with Gasteiger partial charge in [-0.3, -0.25) is 0 Å². The first-order valence-corrected chi connectivity index (χ1v) is 12.1. The Balaban J connectivity index is 1.68. The molecule has 4 rings (SSSR count). The number of unbranched alkanes of at least 4 members (excludes halogenated alkanes) is 1. The molecule has 4 aromatic rings. The summed E-state index contributed by atoms with van der Waals surface area (Å²) in [7, 11) is 3.20. The van der Waals surface area contributed by atoms with Crippen LogP contribution in [-0.2, 0) is 0 Å². The number of benzene rings is 3. The van der Waals surface area contributed by atoms with E-state index in [9.17, 15) is 4.39 Å². The van der Waals surface area contributed by atoms with Gasteiger partial charge in [-0.1, -0.05) is 37.6 Å². The van der Waals surface area contributed by atoms with Crippen LogP contribution in [0, 0.1) is 12.7 Å². The predicted molar refractivity (Wildman–Crippen MR) is 142 cm³/mol. The Morgan fingerprint density at radius 3 is 2.44 bits per heavy atom. The molecule has 0 aliphatic carbocycles. The average Bonchev–Trinajstić information content (AvgIpc) is 2.88. The van der Waals surface area contributed by atoms with Gasteiger partial charge in [0.1, 0.15) is 23.2 Å². The second-order valence-electron chi connectivity index (χ2n) is 8.65. The third-order valence-corrected chi connectivity index (χ3v) is 6.07. The molecule has 1 aromatic heterocycles. The molecule has 1 unspecified atom stereocenters. The minimum Gasteiger partial charge on any atom is -0.493 e. The number of hydrogen-bond donors (Lipinski definition) is 1. The summed E-state index contributed by atoms with van der Waals surface area (Å²) >= 11 is 0. The first-order chi connectivity index (χ1) is 17.4. The van der Waals surface area contributed by atoms with Gasteiger partial charge in [-0.05, 0) is 55.7 Å². The van der Waals surface area contributed by atoms with E-state index in [4.69, 9.17) is 14.2 Å². The molecule has 0 spiro atoms. The van der Waals surface area contributed by atoms with E-state index in [1.807, 2.05) is 56.3 Å². The molecular weight excluding hydrogens is 457 g/mol. The summed E-state index contributed by atoms with van der Waals surface area (Å²) in [5.41, 5.74) is 2.98. The lowest BCUT2D eigenvalue weighted by molar-refractivity contribution is 0.309. The third-order valence-electron chi connectivity index (χ3n) is 6.07. The zero-order chi connectivity index (χ0) is 25.7. The highest BCUT2D eigenvalue weighted by molar-refractivity contribution is 5.92. The number of ether oxygens (including phenoxy) is 3. The Kier molecular flexibility index (Phi) is 7.88. The van der Waals surface area contributed by atoms with Crippen molar-refractivity contribution < 1.29 is 18.6 Å². The van der Waals surface area contributed by atoms with Crippen LogP contribution in [0.2, 0.25) is 0 Å². The molecule has 6 nitrogen and oxygen atoms in total. The summed E-state index contributed by atoms with van der Waals surface area (Å²) < 4.78 is 31.8. The monoisotopic (exact) mass is 489 g/mol. The van der Waals surface area contributed by atoms with E-state index in [1.165, 1.54) is 6.07 Å². The smallest absolute Gasteiger partial charge is 0.162 e. The molecular formula is C29H32FN3O3. The van der Waals surface area contributed by atoms with Gasteiger partial charge in [0.2, 0.25) is 0 Å². The van der Waals surface area contributed by atoms with Crippen molar-refractivity contribution in [1.29, 1.82) is 0 Å². The Bertz CT molecular complexity index is 1360. The highest BCUT2D eigenvalue weighted by Gasteiger charge is 2.17. The number of nitrogens with zero attached hydrogens (tertiary/aromatic N) is 2. The predicted octanol–water partition coefficient (Wildman–Crippen LogP) is 7.11. The van der Waals surface area contributed by atoms with Gasteiger partial charge < -0.3 is 19.5 Å². The molecule has 1 heterocycles. The van der Waals surface area contributed by atoms with Gasteiger partial charge in [0.25, 0.3) is 0 Å². The van der Waals surface area contributed by atoms with Crippen LogP contribution in [0.25, 0.3) is 22.0 Å². The van der Waals surface area contributed by atoms with Crippen LogP contribution in [0.1, 0.15) is 44.1 Å². The molecule has 188 valence electrons. The van der Waals surface area contributed by atoms with Crippen molar-refractivity contribution in [1.82, 2.24) is 9.97 Å². The molecule has 0 aliphatic heterocycles. The van der Waals surface area contributed by atoms with Crippen LogP contribution < -0.4 is 19.5 Å². The lowest BCUT2D eigenvalue weighted by Crippen LogP contribution is -2.10. The van der Waals surface area contributed by atoms with E-state index in [2.05, 4.69) is 22.2 Å². The van der Waals surface area contributed by atoms with Crippen molar-refractivity contribution >= 4 is 16.7 Å². The Morgan fingerprint density at radius 2 is 1.69 bits per heavy atom. The number of nitrogens with one attached hydrogen (secondary N) is 1. The van der Waals surface area contributed by atoms with Crippen LogP contribution >= 0.6 is 0 Å². The van der Waals surface area contributed by atoms with Gasteiger partial charge >= 0.3 is 0 Å². The molecule has 0 saturated carbocycles. The second-order valence-corrected chi connectivity index (χ2v) is 8.65. The maximum absolute atomic E-state index is 14.9. The SMILES string of the molecule is CCCCOc1cccc(F)c1-c1cccc(C(C)Nc2nc(C)nc3cc(OC)c(OC)cc23)c1. The van der Waals surface area contributed by atoms with Crippen LogP contribution in [0.15, 0.2) is 54.6 Å². The second kappa shape index (κ2) is 11.2. The van der Waals surface area contributed by atoms with Gasteiger partial charge in [0, 0.05) is 17.5 Å². The van der Waals surface area contributed by atoms with Crippen molar-refractivity contribution in [3.8, 4) is 28.4 Å². The van der Waals surface area contributed by atoms with E-state index in [0.717, 1.165) is 34.9 Å². The standard InChI is InChI=1S/C29H32FN3O3/c1-6-7-14-36-25-13-9-12-23(30)28(25)21-11-8-10-20(15-21)18(2)31-29-22-16-26(34-4)27(35-5)17-24(22)32-19(3)33-29/h8-13,15-18H,6-7,14H2,1-5H3,(H,31,32,33). The molecule has 1 atom stereocenters. The zero-order valence-corrected chi connectivity index (χ0v) is 21.4. The lowest BCUT2D eigenvalue weighted by atomic mass is 9.99. The van der Waals surface area contributed by atoms with Crippen LogP contribution in [-0.4, -0.2) is 30.8 Å². The van der Waals surface area contributed by atoms with E-state index in [0.29, 0.717) is 41.1 Å². The number of hydrogen-bond acceptors (Lipinski definition) is 6. The van der Waals surface area contributed by atoms with Crippen molar-refractivity contribution in [3.63, 3.8) is 0 Å². The molecule has 0 amide bonds. The zero-order valence-electron chi connectivity index (χ0n) is 21.4. The Morgan fingerprint density at radius 1 is 0.944 bits per heavy atom. The minimum atomic E-state index is -0.305. The normalized spacial score (nSPS) is 11.8. The number of aryl methyl sites for hydroxylation is 1. The van der Waals surface area contributed by atoms with E-state index in [1.54, 1.807) is 20.3 Å². The summed E-state index contributed by atoms with van der Waals surface area (Å²) in [5, 5.41) is 4.33. The summed E-state index contributed by atoms with van der Waals surface area (Å²) in [6, 6.07) is 16.4. The van der Waals surface area contributed by atoms with Crippen LogP contribution in [0.3, 0.4) is 0 Å². The van der Waals surface area contributed by atoms with Gasteiger partial charge in [-0.25, -0.2) is 14.4 Å². The van der Waals surface area contributed by atoms with Crippen molar-refractivity contribution in [2.75, 3.05) is 26.1 Å². The van der Waals surface area contributed by atoms with Crippen molar-refractivity contribution in [2.45, 2.75) is 39.7 Å². The van der Waals surface area contributed by atoms with Gasteiger partial charge in [-0.15, -0.1) is 0 Å². The number of aromatic nitrogens is 2.